The standard InChI is InChI=1S/C31H43N3O14/c1-29-11-9-20(35)15-19(29)7-8-21-22-10-12-31(30(22,2)16-23(36)28(21)29,48-26(39)6-4-14-47-34(43)44)24(37)18-45-27(40)17-32-25(38)5-3-13-46-33(41)42/h15,21-23,28,36H,3-14,16-18H2,1-2H3,(H,32,38)/t21?,22?,23-,28+,29-,30-,31-/m0/s1. The van der Waals surface area contributed by atoms with Crippen LogP contribution >= 0.6 is 0 Å². The van der Waals surface area contributed by atoms with E-state index in [0.29, 0.717) is 32.1 Å². The summed E-state index contributed by atoms with van der Waals surface area (Å²) in [7, 11) is 0. The Kier molecular flexibility index (Phi) is 11.4. The molecule has 2 unspecified atom stereocenters. The minimum atomic E-state index is -1.77. The molecule has 4 aliphatic rings. The third kappa shape index (κ3) is 7.60. The molecule has 17 nitrogen and oxygen atoms in total. The molecule has 4 aliphatic carbocycles. The zero-order valence-corrected chi connectivity index (χ0v) is 27.1. The first-order valence-corrected chi connectivity index (χ1v) is 16.3. The van der Waals surface area contributed by atoms with Gasteiger partial charge in [0.05, 0.1) is 19.3 Å². The first-order chi connectivity index (χ1) is 22.6. The summed E-state index contributed by atoms with van der Waals surface area (Å²) in [5.41, 5.74) is -2.17. The smallest absolute Gasteiger partial charge is 0.325 e. The number of aliphatic hydroxyl groups is 1. The molecule has 0 aromatic rings. The molecule has 0 aliphatic heterocycles. The number of carbonyl (C=O) groups is 5. The van der Waals surface area contributed by atoms with Gasteiger partial charge in [0.15, 0.2) is 18.0 Å². The summed E-state index contributed by atoms with van der Waals surface area (Å²) in [5, 5.41) is 32.9. The number of esters is 2. The molecule has 48 heavy (non-hydrogen) atoms. The van der Waals surface area contributed by atoms with Gasteiger partial charge in [0.2, 0.25) is 11.7 Å². The van der Waals surface area contributed by atoms with Crippen molar-refractivity contribution in [3.8, 4) is 0 Å². The quantitative estimate of drug-likeness (QED) is 0.102. The molecule has 2 N–H and O–H groups in total. The summed E-state index contributed by atoms with van der Waals surface area (Å²) in [6.07, 6.45) is 3.47. The second-order valence-electron chi connectivity index (χ2n) is 13.6. The lowest BCUT2D eigenvalue weighted by Crippen LogP contribution is -2.63. The van der Waals surface area contributed by atoms with E-state index in [1.807, 2.05) is 6.92 Å². The highest BCUT2D eigenvalue weighted by Gasteiger charge is 2.70. The van der Waals surface area contributed by atoms with Crippen molar-refractivity contribution in [2.24, 2.45) is 28.6 Å². The van der Waals surface area contributed by atoms with E-state index in [2.05, 4.69) is 21.9 Å². The van der Waals surface area contributed by atoms with Crippen molar-refractivity contribution in [1.29, 1.82) is 0 Å². The van der Waals surface area contributed by atoms with E-state index in [0.717, 1.165) is 5.57 Å². The van der Waals surface area contributed by atoms with E-state index in [1.54, 1.807) is 6.08 Å². The lowest BCUT2D eigenvalue weighted by Gasteiger charge is -2.60. The third-order valence-electron chi connectivity index (χ3n) is 11.0. The maximum absolute atomic E-state index is 14.1. The molecule has 7 atom stereocenters. The number of nitrogens with zero attached hydrogens (tertiary/aromatic N) is 2. The van der Waals surface area contributed by atoms with Crippen molar-refractivity contribution in [3.63, 3.8) is 0 Å². The molecule has 0 bridgehead atoms. The molecule has 0 spiro atoms. The molecule has 266 valence electrons. The average molecular weight is 682 g/mol. The van der Waals surface area contributed by atoms with Gasteiger partial charge in [0.1, 0.15) is 6.54 Å². The van der Waals surface area contributed by atoms with E-state index in [4.69, 9.17) is 9.47 Å². The van der Waals surface area contributed by atoms with E-state index in [9.17, 15) is 49.3 Å². The molecule has 0 saturated heterocycles. The number of ether oxygens (including phenoxy) is 2. The lowest BCUT2D eigenvalue weighted by atomic mass is 9.45. The van der Waals surface area contributed by atoms with Crippen molar-refractivity contribution in [2.75, 3.05) is 26.4 Å². The number of hydrogen-bond donors (Lipinski definition) is 2. The highest BCUT2D eigenvalue weighted by molar-refractivity contribution is 5.94. The fraction of sp³-hybridized carbons (Fsp3) is 0.774. The maximum atomic E-state index is 14.1. The van der Waals surface area contributed by atoms with E-state index < -0.39 is 64.1 Å². The molecule has 0 heterocycles. The maximum Gasteiger partial charge on any atom is 0.325 e. The number of nitrogens with one attached hydrogen (secondary N) is 1. The molecule has 1 amide bonds. The van der Waals surface area contributed by atoms with Crippen LogP contribution in [0.15, 0.2) is 11.6 Å². The second-order valence-corrected chi connectivity index (χ2v) is 13.6. The summed E-state index contributed by atoms with van der Waals surface area (Å²) in [5.74, 6) is -3.28. The van der Waals surface area contributed by atoms with Crippen molar-refractivity contribution in [1.82, 2.24) is 5.32 Å². The Morgan fingerprint density at radius 3 is 2.31 bits per heavy atom. The Labute approximate surface area is 276 Å². The Morgan fingerprint density at radius 1 is 0.979 bits per heavy atom. The molecule has 4 rings (SSSR count). The molecule has 0 aromatic carbocycles. The minimum absolute atomic E-state index is 0.0364. The fourth-order valence-electron chi connectivity index (χ4n) is 8.90. The SMILES string of the molecule is C[C@]12CCC(=O)C=C1CCC1C3CC[C@](OC(=O)CCCO[N+](=O)[O-])(C(=O)COC(=O)CNC(=O)CCCO[N+](=O)[O-])[C@@]3(C)C[C@H](O)[C@@H]12. The van der Waals surface area contributed by atoms with Crippen LogP contribution in [0.3, 0.4) is 0 Å². The van der Waals surface area contributed by atoms with E-state index in [1.165, 1.54) is 0 Å². The molecule has 0 aromatic heterocycles. The van der Waals surface area contributed by atoms with Crippen molar-refractivity contribution < 1.29 is 58.4 Å². The third-order valence-corrected chi connectivity index (χ3v) is 11.0. The van der Waals surface area contributed by atoms with Gasteiger partial charge in [-0.15, -0.1) is 20.2 Å². The number of ketones is 2. The second kappa shape index (κ2) is 15.0. The number of fused-ring (bicyclic) bond motifs is 5. The van der Waals surface area contributed by atoms with Crippen LogP contribution in [0, 0.1) is 48.8 Å². The van der Waals surface area contributed by atoms with E-state index in [-0.39, 0.29) is 80.7 Å². The van der Waals surface area contributed by atoms with Gasteiger partial charge in [-0.1, -0.05) is 19.4 Å². The van der Waals surface area contributed by atoms with Gasteiger partial charge in [-0.05, 0) is 80.6 Å². The van der Waals surface area contributed by atoms with Crippen molar-refractivity contribution >= 4 is 29.4 Å². The molecular formula is C31H43N3O14. The van der Waals surface area contributed by atoms with Gasteiger partial charge in [0.25, 0.3) is 10.2 Å². The van der Waals surface area contributed by atoms with Crippen LogP contribution < -0.4 is 5.32 Å². The summed E-state index contributed by atoms with van der Waals surface area (Å²) in [4.78, 5) is 93.1. The zero-order chi connectivity index (χ0) is 35.3. The molecule has 3 saturated carbocycles. The zero-order valence-electron chi connectivity index (χ0n) is 27.1. The lowest BCUT2D eigenvalue weighted by molar-refractivity contribution is -0.757. The van der Waals surface area contributed by atoms with Gasteiger partial charge in [-0.25, -0.2) is 0 Å². The summed E-state index contributed by atoms with van der Waals surface area (Å²) in [6, 6.07) is 0. The number of carbonyl (C=O) groups excluding carboxylic acids is 5. The predicted molar refractivity (Wildman–Crippen MR) is 160 cm³/mol. The summed E-state index contributed by atoms with van der Waals surface area (Å²) in [6.45, 7) is 1.90. The first kappa shape index (κ1) is 36.7. The molecule has 0 radical (unpaired) electrons. The highest BCUT2D eigenvalue weighted by Crippen LogP contribution is 2.68. The first-order valence-electron chi connectivity index (χ1n) is 16.3. The Hall–Kier alpha value is -4.15. The number of Topliss-reactive ketones (excluding diaryl/α,β-unsaturated/α-hetero) is 1. The fourth-order valence-corrected chi connectivity index (χ4v) is 8.90. The molecule has 17 heteroatoms. The monoisotopic (exact) mass is 681 g/mol. The Balaban J connectivity index is 1.49. The predicted octanol–water partition coefficient (Wildman–Crippen LogP) is 1.98. The number of allylic oxidation sites excluding steroid dienone is 1. The number of hydrogen-bond acceptors (Lipinski definition) is 14. The number of amides is 1. The van der Waals surface area contributed by atoms with Crippen molar-refractivity contribution in [3.05, 3.63) is 31.9 Å². The number of rotatable bonds is 16. The van der Waals surface area contributed by atoms with Crippen LogP contribution in [0.5, 0.6) is 0 Å². The van der Waals surface area contributed by atoms with Crippen LogP contribution in [0.1, 0.15) is 84.5 Å². The average Bonchev–Trinajstić information content (AvgIpc) is 3.31. The molecular weight excluding hydrogens is 638 g/mol. The number of aliphatic hydroxyl groups excluding tert-OH is 1. The summed E-state index contributed by atoms with van der Waals surface area (Å²) < 4.78 is 11.2. The van der Waals surface area contributed by atoms with Crippen LogP contribution in [0.4, 0.5) is 0 Å². The normalized spacial score (nSPS) is 32.0. The van der Waals surface area contributed by atoms with Gasteiger partial charge < -0.3 is 29.6 Å². The molecule has 3 fully saturated rings. The highest BCUT2D eigenvalue weighted by atomic mass is 17.0. The topological polar surface area (TPSA) is 241 Å². The van der Waals surface area contributed by atoms with Crippen LogP contribution in [-0.4, -0.2) is 82.8 Å². The van der Waals surface area contributed by atoms with E-state index >= 15 is 0 Å². The van der Waals surface area contributed by atoms with Gasteiger partial charge in [-0.3, -0.25) is 24.0 Å². The summed E-state index contributed by atoms with van der Waals surface area (Å²) >= 11 is 0. The Morgan fingerprint density at radius 2 is 1.65 bits per heavy atom. The van der Waals surface area contributed by atoms with Gasteiger partial charge in [-0.2, -0.15) is 0 Å². The van der Waals surface area contributed by atoms with Gasteiger partial charge >= 0.3 is 11.9 Å². The minimum Gasteiger partial charge on any atom is -0.456 e. The van der Waals surface area contributed by atoms with Gasteiger partial charge in [0, 0.05) is 24.7 Å². The van der Waals surface area contributed by atoms with Crippen molar-refractivity contribution in [2.45, 2.75) is 96.2 Å². The largest absolute Gasteiger partial charge is 0.456 e. The van der Waals surface area contributed by atoms with Crippen LogP contribution in [-0.2, 0) is 43.1 Å². The Bertz CT molecular complexity index is 1350. The van der Waals surface area contributed by atoms with Crippen LogP contribution in [0.2, 0.25) is 0 Å². The van der Waals surface area contributed by atoms with Crippen LogP contribution in [0.25, 0.3) is 0 Å².